The number of unbranched alkanes of at least 4 members (excludes halogenated alkanes) is 20. The van der Waals surface area contributed by atoms with Gasteiger partial charge in [-0.1, -0.05) is 167 Å². The number of hydrogen-bond acceptors (Lipinski definition) is 3. The second kappa shape index (κ2) is 24.6. The van der Waals surface area contributed by atoms with E-state index in [1.807, 2.05) is 18.2 Å². The van der Waals surface area contributed by atoms with Crippen molar-refractivity contribution in [1.29, 1.82) is 0 Å². The van der Waals surface area contributed by atoms with E-state index >= 15 is 0 Å². The van der Waals surface area contributed by atoms with Crippen molar-refractivity contribution in [3.63, 3.8) is 0 Å². The molecule has 0 N–H and O–H groups in total. The molecule has 0 aliphatic rings. The van der Waals surface area contributed by atoms with E-state index in [-0.39, 0.29) is 56.3 Å². The molecule has 0 aliphatic heterocycles. The Balaban J connectivity index is 0.00000840. The van der Waals surface area contributed by atoms with E-state index < -0.39 is 10.1 Å². The number of rotatable bonds is 25. The van der Waals surface area contributed by atoms with E-state index in [0.29, 0.717) is 6.42 Å². The minimum absolute atomic E-state index is 0. The van der Waals surface area contributed by atoms with Crippen molar-refractivity contribution in [1.82, 2.24) is 0 Å². The normalized spacial score (nSPS) is 11.7. The fourth-order valence-electron chi connectivity index (χ4n) is 6.12. The van der Waals surface area contributed by atoms with E-state index in [9.17, 15) is 13.0 Å². The first-order valence-corrected chi connectivity index (χ1v) is 18.4. The van der Waals surface area contributed by atoms with Crippen molar-refractivity contribution in [3.05, 3.63) is 41.5 Å². The Kier molecular flexibility index (Phi) is 23.5. The molecule has 5 heteroatoms. The number of benzene rings is 2. The SMILES string of the molecule is CCCCCCCCCCCCCc1cc(S(=O)(=O)[O-])c(CCCCCCCCCCCCC)c2ccccc12.[K+]. The van der Waals surface area contributed by atoms with Crippen LogP contribution in [0.2, 0.25) is 0 Å². The molecule has 3 nitrogen and oxygen atoms in total. The molecule has 0 amide bonds. The summed E-state index contributed by atoms with van der Waals surface area (Å²) < 4.78 is 37.1. The first-order valence-electron chi connectivity index (χ1n) is 17.0. The summed E-state index contributed by atoms with van der Waals surface area (Å²) >= 11 is 0. The van der Waals surface area contributed by atoms with Crippen LogP contribution in [0.5, 0.6) is 0 Å². The molecule has 0 atom stereocenters. The van der Waals surface area contributed by atoms with Crippen LogP contribution in [0, 0.1) is 0 Å². The Bertz CT molecular complexity index is 1030. The first-order chi connectivity index (χ1) is 19.5. The Morgan fingerprint density at radius 1 is 0.537 bits per heavy atom. The third-order valence-corrected chi connectivity index (χ3v) is 9.45. The predicted molar refractivity (Wildman–Crippen MR) is 172 cm³/mol. The minimum Gasteiger partial charge on any atom is -0.744 e. The summed E-state index contributed by atoms with van der Waals surface area (Å²) in [6.07, 6.45) is 29.5. The Morgan fingerprint density at radius 2 is 0.902 bits per heavy atom. The summed E-state index contributed by atoms with van der Waals surface area (Å²) in [5, 5.41) is 2.09. The molecule has 0 saturated carbocycles. The van der Waals surface area contributed by atoms with Crippen LogP contribution in [0.1, 0.15) is 166 Å². The maximum atomic E-state index is 12.4. The van der Waals surface area contributed by atoms with Gasteiger partial charge in [0.15, 0.2) is 0 Å². The molecule has 0 fully saturated rings. The summed E-state index contributed by atoms with van der Waals surface area (Å²) in [6.45, 7) is 4.52. The number of aryl methyl sites for hydroxylation is 2. The molecule has 228 valence electrons. The second-order valence-electron chi connectivity index (χ2n) is 12.1. The molecule has 2 rings (SSSR count). The molecule has 0 aliphatic carbocycles. The van der Waals surface area contributed by atoms with E-state index in [1.165, 1.54) is 116 Å². The number of fused-ring (bicyclic) bond motifs is 1. The van der Waals surface area contributed by atoms with E-state index in [4.69, 9.17) is 0 Å². The van der Waals surface area contributed by atoms with Crippen LogP contribution in [0.3, 0.4) is 0 Å². The fourth-order valence-corrected chi connectivity index (χ4v) is 6.92. The summed E-state index contributed by atoms with van der Waals surface area (Å²) in [7, 11) is -4.52. The monoisotopic (exact) mass is 610 g/mol. The van der Waals surface area contributed by atoms with Crippen molar-refractivity contribution in [3.8, 4) is 0 Å². The van der Waals surface area contributed by atoms with Crippen molar-refractivity contribution >= 4 is 20.9 Å². The third kappa shape index (κ3) is 16.8. The third-order valence-electron chi connectivity index (χ3n) is 8.55. The van der Waals surface area contributed by atoms with Gasteiger partial charge >= 0.3 is 51.4 Å². The average molecular weight is 611 g/mol. The first kappa shape index (κ1) is 39.3. The van der Waals surface area contributed by atoms with Gasteiger partial charge in [-0.05, 0) is 53.6 Å². The molecule has 0 saturated heterocycles. The average Bonchev–Trinajstić information content (AvgIpc) is 2.94. The van der Waals surface area contributed by atoms with Gasteiger partial charge in [-0.2, -0.15) is 0 Å². The van der Waals surface area contributed by atoms with Crippen LogP contribution < -0.4 is 51.4 Å². The van der Waals surface area contributed by atoms with Crippen molar-refractivity contribution in [2.24, 2.45) is 0 Å². The maximum absolute atomic E-state index is 12.4. The smallest absolute Gasteiger partial charge is 0.744 e. The molecule has 0 bridgehead atoms. The van der Waals surface area contributed by atoms with Gasteiger partial charge in [-0.15, -0.1) is 0 Å². The van der Waals surface area contributed by atoms with Gasteiger partial charge in [0.2, 0.25) is 0 Å². The quantitative estimate of drug-likeness (QED) is 0.0644. The Labute approximate surface area is 296 Å². The molecule has 0 unspecified atom stereocenters. The van der Waals surface area contributed by atoms with Crippen molar-refractivity contribution < 1.29 is 64.4 Å². The van der Waals surface area contributed by atoms with Crippen LogP contribution in [0.4, 0.5) is 0 Å². The molecule has 0 spiro atoms. The van der Waals surface area contributed by atoms with Gasteiger partial charge in [0.05, 0.1) is 4.90 Å². The summed E-state index contributed by atoms with van der Waals surface area (Å²) in [5.74, 6) is 0. The molecule has 2 aromatic rings. The van der Waals surface area contributed by atoms with Gasteiger partial charge in [-0.3, -0.25) is 0 Å². The zero-order chi connectivity index (χ0) is 28.9. The van der Waals surface area contributed by atoms with Crippen molar-refractivity contribution in [2.45, 2.75) is 173 Å². The standard InChI is InChI=1S/C36H60O3S.K/c1-3-5-7-9-11-13-15-17-19-21-23-27-32-31-36(40(37,38)39)35(34-29-26-25-28-33(32)34)30-24-22-20-18-16-14-12-10-8-6-4-2;/h25-26,28-29,31H,3-24,27,30H2,1-2H3,(H,37,38,39);/q;+1/p-1. The zero-order valence-electron chi connectivity index (χ0n) is 27.0. The zero-order valence-corrected chi connectivity index (χ0v) is 30.9. The van der Waals surface area contributed by atoms with Gasteiger partial charge in [-0.25, -0.2) is 8.42 Å². The molecule has 41 heavy (non-hydrogen) atoms. The summed E-state index contributed by atoms with van der Waals surface area (Å²) in [6, 6.07) is 9.84. The largest absolute Gasteiger partial charge is 1.00 e. The Hall–Kier alpha value is 0.246. The van der Waals surface area contributed by atoms with E-state index in [0.717, 1.165) is 54.0 Å². The predicted octanol–water partition coefficient (Wildman–Crippen LogP) is 8.45. The molecular formula is C36H59KO3S. The number of hydrogen-bond donors (Lipinski definition) is 0. The topological polar surface area (TPSA) is 57.2 Å². The van der Waals surface area contributed by atoms with E-state index in [1.54, 1.807) is 6.07 Å². The van der Waals surface area contributed by atoms with Gasteiger partial charge in [0.1, 0.15) is 10.1 Å². The Morgan fingerprint density at radius 3 is 1.32 bits per heavy atom. The molecule has 0 aromatic heterocycles. The van der Waals surface area contributed by atoms with Crippen LogP contribution in [0.25, 0.3) is 10.8 Å². The van der Waals surface area contributed by atoms with Crippen LogP contribution in [-0.2, 0) is 23.0 Å². The fraction of sp³-hybridized carbons (Fsp3) is 0.722. The van der Waals surface area contributed by atoms with E-state index in [2.05, 4.69) is 19.9 Å². The summed E-state index contributed by atoms with van der Waals surface area (Å²) in [4.78, 5) is 0.0244. The molecule has 2 aromatic carbocycles. The van der Waals surface area contributed by atoms with Gasteiger partial charge in [0.25, 0.3) is 0 Å². The van der Waals surface area contributed by atoms with Crippen LogP contribution in [0.15, 0.2) is 35.2 Å². The molecular weight excluding hydrogens is 552 g/mol. The maximum Gasteiger partial charge on any atom is 1.00 e. The molecule has 0 heterocycles. The summed E-state index contributed by atoms with van der Waals surface area (Å²) in [5.41, 5.74) is 1.76. The van der Waals surface area contributed by atoms with Gasteiger partial charge in [0, 0.05) is 0 Å². The van der Waals surface area contributed by atoms with Gasteiger partial charge < -0.3 is 4.55 Å². The van der Waals surface area contributed by atoms with Crippen molar-refractivity contribution in [2.75, 3.05) is 0 Å². The van der Waals surface area contributed by atoms with Crippen LogP contribution in [-0.4, -0.2) is 13.0 Å². The second-order valence-corrected chi connectivity index (χ2v) is 13.4. The molecule has 0 radical (unpaired) electrons. The minimum atomic E-state index is -4.52. The van der Waals surface area contributed by atoms with Crippen LogP contribution >= 0.6 is 0 Å².